The maximum atomic E-state index is 13.8. The van der Waals surface area contributed by atoms with Gasteiger partial charge in [0.1, 0.15) is 10.8 Å². The van der Waals surface area contributed by atoms with Gasteiger partial charge in [-0.3, -0.25) is 14.9 Å². The largest absolute Gasteiger partial charge is 0.370 e. The van der Waals surface area contributed by atoms with Crippen LogP contribution in [0.25, 0.3) is 11.1 Å². The van der Waals surface area contributed by atoms with Gasteiger partial charge in [-0.1, -0.05) is 54.5 Å². The van der Waals surface area contributed by atoms with E-state index >= 15 is 0 Å². The van der Waals surface area contributed by atoms with E-state index in [1.807, 2.05) is 49.5 Å². The zero-order valence-electron chi connectivity index (χ0n) is 25.9. The Balaban J connectivity index is 1.55. The summed E-state index contributed by atoms with van der Waals surface area (Å²) < 4.78 is 0. The van der Waals surface area contributed by atoms with Gasteiger partial charge in [-0.25, -0.2) is 9.78 Å². The number of piperidine rings is 1. The first-order valence-electron chi connectivity index (χ1n) is 14.5. The average Bonchev–Trinajstić information content (AvgIpc) is 3.34. The van der Waals surface area contributed by atoms with Gasteiger partial charge in [0.2, 0.25) is 5.91 Å². The molecule has 1 atom stereocenters. The van der Waals surface area contributed by atoms with E-state index in [1.54, 1.807) is 13.8 Å². The highest BCUT2D eigenvalue weighted by atomic mass is 32.1. The van der Waals surface area contributed by atoms with E-state index in [1.165, 1.54) is 11.3 Å². The highest BCUT2D eigenvalue weighted by molar-refractivity contribution is 7.16. The quantitative estimate of drug-likeness (QED) is 0.204. The molecule has 0 aliphatic carbocycles. The van der Waals surface area contributed by atoms with Crippen LogP contribution in [0.4, 0.5) is 21.3 Å². The van der Waals surface area contributed by atoms with E-state index in [4.69, 9.17) is 0 Å². The topological polar surface area (TPSA) is 112 Å². The first kappa shape index (κ1) is 31.2. The smallest absolute Gasteiger partial charge is 0.324 e. The molecule has 3 aromatic rings. The second-order valence-electron chi connectivity index (χ2n) is 13.1. The Labute approximate surface area is 253 Å². The van der Waals surface area contributed by atoms with Gasteiger partial charge in [0.15, 0.2) is 5.78 Å². The number of nitrogens with zero attached hydrogens (tertiary/aromatic N) is 1. The zero-order valence-corrected chi connectivity index (χ0v) is 26.7. The second-order valence-corrected chi connectivity index (χ2v) is 14.2. The monoisotopic (exact) mass is 589 g/mol. The van der Waals surface area contributed by atoms with Crippen molar-refractivity contribution < 1.29 is 14.4 Å². The van der Waals surface area contributed by atoms with Gasteiger partial charge in [-0.2, -0.15) is 0 Å². The van der Waals surface area contributed by atoms with E-state index in [0.29, 0.717) is 35.1 Å². The lowest BCUT2D eigenvalue weighted by Crippen LogP contribution is -2.50. The summed E-state index contributed by atoms with van der Waals surface area (Å²) >= 11 is 1.40. The van der Waals surface area contributed by atoms with Gasteiger partial charge in [0, 0.05) is 41.3 Å². The van der Waals surface area contributed by atoms with E-state index in [2.05, 4.69) is 60.9 Å². The van der Waals surface area contributed by atoms with Crippen molar-refractivity contribution in [2.75, 3.05) is 29.0 Å². The molecule has 4 N–H and O–H groups in total. The Morgan fingerprint density at radius 1 is 1.12 bits per heavy atom. The standard InChI is InChI=1S/C33H43N5O3S/c1-19(2)17-35-27-12-10-21(18-36-27)23-15-22(11-9-20(23)3)37-31(41)38-29-24(16-26(42-29)32(4,5)6)28(39)25-13-14-34-30(40)33(25,7)8/h9-12,15-16,18-19,25H,13-14,17H2,1-8H3,(H,34,40)(H,35,36)(H2,37,38,41). The number of urea groups is 1. The molecular formula is C33H43N5O3S. The fourth-order valence-electron chi connectivity index (χ4n) is 5.00. The van der Waals surface area contributed by atoms with Crippen LogP contribution in [0.5, 0.6) is 0 Å². The number of hydrogen-bond acceptors (Lipinski definition) is 6. The van der Waals surface area contributed by atoms with Crippen LogP contribution in [0.1, 0.15) is 75.7 Å². The number of ketones is 1. The lowest BCUT2D eigenvalue weighted by molar-refractivity contribution is -0.133. The normalized spacial score (nSPS) is 16.6. The van der Waals surface area contributed by atoms with Crippen LogP contribution >= 0.6 is 11.3 Å². The third kappa shape index (κ3) is 7.01. The number of aryl methyl sites for hydroxylation is 1. The molecular weight excluding hydrogens is 546 g/mol. The van der Waals surface area contributed by atoms with Crippen molar-refractivity contribution in [1.29, 1.82) is 0 Å². The zero-order chi connectivity index (χ0) is 30.8. The summed E-state index contributed by atoms with van der Waals surface area (Å²) in [5.74, 6) is 0.627. The van der Waals surface area contributed by atoms with Crippen molar-refractivity contribution in [2.24, 2.45) is 17.3 Å². The van der Waals surface area contributed by atoms with Crippen molar-refractivity contribution in [3.05, 3.63) is 58.6 Å². The van der Waals surface area contributed by atoms with Crippen LogP contribution in [0.15, 0.2) is 42.6 Å². The molecule has 3 heterocycles. The van der Waals surface area contributed by atoms with E-state index < -0.39 is 17.4 Å². The Bertz CT molecular complexity index is 1470. The van der Waals surface area contributed by atoms with Crippen LogP contribution in [0.3, 0.4) is 0 Å². The molecule has 1 aliphatic rings. The van der Waals surface area contributed by atoms with Gasteiger partial charge >= 0.3 is 6.03 Å². The van der Waals surface area contributed by atoms with Crippen LogP contribution in [0.2, 0.25) is 0 Å². The van der Waals surface area contributed by atoms with Crippen molar-refractivity contribution in [2.45, 2.75) is 67.2 Å². The predicted molar refractivity (Wildman–Crippen MR) is 173 cm³/mol. The Morgan fingerprint density at radius 2 is 1.86 bits per heavy atom. The first-order chi connectivity index (χ1) is 19.7. The van der Waals surface area contributed by atoms with Gasteiger partial charge in [0.25, 0.3) is 0 Å². The molecule has 1 aliphatic heterocycles. The van der Waals surface area contributed by atoms with Gasteiger partial charge in [-0.15, -0.1) is 11.3 Å². The maximum absolute atomic E-state index is 13.8. The molecule has 8 nitrogen and oxygen atoms in total. The molecule has 3 amide bonds. The number of aromatic nitrogens is 1. The minimum atomic E-state index is -0.839. The number of anilines is 3. The molecule has 0 saturated carbocycles. The highest BCUT2D eigenvalue weighted by Crippen LogP contribution is 2.41. The number of pyridine rings is 1. The average molecular weight is 590 g/mol. The summed E-state index contributed by atoms with van der Waals surface area (Å²) in [5.41, 5.74) is 3.01. The number of rotatable bonds is 8. The third-order valence-corrected chi connectivity index (χ3v) is 9.19. The number of carbonyl (C=O) groups excluding carboxylic acids is 3. The number of benzene rings is 1. The van der Waals surface area contributed by atoms with Gasteiger partial charge < -0.3 is 16.0 Å². The molecule has 42 heavy (non-hydrogen) atoms. The lowest BCUT2D eigenvalue weighted by atomic mass is 9.70. The van der Waals surface area contributed by atoms with Crippen LogP contribution in [-0.4, -0.2) is 35.8 Å². The minimum absolute atomic E-state index is 0.117. The van der Waals surface area contributed by atoms with Gasteiger partial charge in [0.05, 0.1) is 11.0 Å². The second kappa shape index (κ2) is 12.3. The van der Waals surface area contributed by atoms with Crippen LogP contribution in [0, 0.1) is 24.2 Å². The molecule has 0 spiro atoms. The van der Waals surface area contributed by atoms with Gasteiger partial charge in [-0.05, 0) is 66.1 Å². The molecule has 224 valence electrons. The first-order valence-corrected chi connectivity index (χ1v) is 15.3. The SMILES string of the molecule is Cc1ccc(NC(=O)Nc2sc(C(C)(C)C)cc2C(=O)C2CCNC(=O)C2(C)C)cc1-c1ccc(NCC(C)C)nc1. The number of nitrogens with one attached hydrogen (secondary N) is 4. The molecule has 1 fully saturated rings. The number of amides is 3. The molecule has 2 aromatic heterocycles. The number of hydrogen-bond donors (Lipinski definition) is 4. The lowest BCUT2D eigenvalue weighted by Gasteiger charge is -2.36. The molecule has 1 aromatic carbocycles. The molecule has 0 bridgehead atoms. The number of carbonyl (C=O) groups is 3. The maximum Gasteiger partial charge on any atom is 0.324 e. The molecule has 9 heteroatoms. The summed E-state index contributed by atoms with van der Waals surface area (Å²) in [6, 6.07) is 11.2. The fourth-order valence-corrected chi connectivity index (χ4v) is 6.12. The van der Waals surface area contributed by atoms with E-state index in [9.17, 15) is 14.4 Å². The summed E-state index contributed by atoms with van der Waals surface area (Å²) in [6.07, 6.45) is 2.39. The summed E-state index contributed by atoms with van der Waals surface area (Å²) in [7, 11) is 0. The molecule has 1 unspecified atom stereocenters. The Hall–Kier alpha value is -3.72. The summed E-state index contributed by atoms with van der Waals surface area (Å²) in [6.45, 7) is 17.5. The highest BCUT2D eigenvalue weighted by Gasteiger charge is 2.44. The van der Waals surface area contributed by atoms with Crippen LogP contribution < -0.4 is 21.3 Å². The summed E-state index contributed by atoms with van der Waals surface area (Å²) in [5, 5.41) is 12.6. The summed E-state index contributed by atoms with van der Waals surface area (Å²) in [4.78, 5) is 45.2. The molecule has 0 radical (unpaired) electrons. The van der Waals surface area contributed by atoms with Crippen molar-refractivity contribution in [1.82, 2.24) is 10.3 Å². The predicted octanol–water partition coefficient (Wildman–Crippen LogP) is 7.47. The van der Waals surface area contributed by atoms with E-state index in [-0.39, 0.29) is 17.1 Å². The fraction of sp³-hybridized carbons (Fsp3) is 0.455. The van der Waals surface area contributed by atoms with Crippen LogP contribution in [-0.2, 0) is 10.2 Å². The Kier molecular flexibility index (Phi) is 9.11. The minimum Gasteiger partial charge on any atom is -0.370 e. The molecule has 4 rings (SSSR count). The third-order valence-electron chi connectivity index (χ3n) is 7.72. The number of thiophene rings is 1. The van der Waals surface area contributed by atoms with Crippen molar-refractivity contribution >= 4 is 45.6 Å². The molecule has 1 saturated heterocycles. The number of Topliss-reactive ketones (excluding diaryl/α,β-unsaturated/α-hetero) is 1. The van der Waals surface area contributed by atoms with Crippen molar-refractivity contribution in [3.63, 3.8) is 0 Å². The van der Waals surface area contributed by atoms with E-state index in [0.717, 1.165) is 33.9 Å². The Morgan fingerprint density at radius 3 is 2.50 bits per heavy atom. The van der Waals surface area contributed by atoms with Crippen molar-refractivity contribution in [3.8, 4) is 11.1 Å².